The number of nitrogens with zero attached hydrogens (tertiary/aromatic N) is 3. The lowest BCUT2D eigenvalue weighted by Gasteiger charge is -2.11. The predicted octanol–water partition coefficient (Wildman–Crippen LogP) is 5.40. The normalized spacial score (nSPS) is 10.9. The third-order valence-corrected chi connectivity index (χ3v) is 5.44. The van der Waals surface area contributed by atoms with Crippen molar-refractivity contribution in [3.8, 4) is 11.1 Å². The number of fused-ring (bicyclic) bond motifs is 1. The van der Waals surface area contributed by atoms with Gasteiger partial charge < -0.3 is 9.30 Å². The van der Waals surface area contributed by atoms with Crippen molar-refractivity contribution in [3.63, 3.8) is 0 Å². The van der Waals surface area contributed by atoms with E-state index in [1.54, 1.807) is 12.1 Å². The summed E-state index contributed by atoms with van der Waals surface area (Å²) in [6.07, 6.45) is 1.62. The Kier molecular flexibility index (Phi) is 5.98. The molecule has 0 saturated heterocycles. The quantitative estimate of drug-likeness (QED) is 0.223. The maximum atomic E-state index is 12.1. The number of imidazole rings is 1. The largest absolute Gasteiger partial charge is 0.465 e. The molecule has 0 fully saturated rings. The number of carbonyl (C=O) groups excluding carboxylic acids is 1. The van der Waals surface area contributed by atoms with Gasteiger partial charge in [-0.05, 0) is 35.2 Å². The molecule has 3 aromatic carbocycles. The van der Waals surface area contributed by atoms with Crippen LogP contribution in [0.2, 0.25) is 0 Å². The summed E-state index contributed by atoms with van der Waals surface area (Å²) >= 11 is 0. The fraction of sp³-hybridized carbons (Fsp3) is 0.200. The van der Waals surface area contributed by atoms with E-state index in [-0.39, 0.29) is 16.6 Å². The van der Waals surface area contributed by atoms with Crippen LogP contribution in [0.25, 0.3) is 22.2 Å². The molecule has 0 bridgehead atoms. The summed E-state index contributed by atoms with van der Waals surface area (Å²) in [5.74, 6) is 0.456. The Morgan fingerprint density at radius 1 is 1.06 bits per heavy atom. The number of rotatable bonds is 7. The van der Waals surface area contributed by atoms with E-state index in [9.17, 15) is 14.9 Å². The predicted molar refractivity (Wildman–Crippen MR) is 123 cm³/mol. The van der Waals surface area contributed by atoms with Crippen LogP contribution < -0.4 is 0 Å². The standard InChI is InChI=1S/C25H23N3O4/c1-3-7-23-26-24-21(10-6-11-22(24)28(30)31)27(23)16-17-12-14-18(15-13-17)19-8-4-5-9-20(19)25(29)32-2/h4-6,8-15H,3,7,16H2,1-2H3. The highest BCUT2D eigenvalue weighted by atomic mass is 16.6. The van der Waals surface area contributed by atoms with E-state index in [0.717, 1.165) is 40.9 Å². The van der Waals surface area contributed by atoms with Crippen LogP contribution in [0.3, 0.4) is 0 Å². The van der Waals surface area contributed by atoms with E-state index in [1.165, 1.54) is 13.2 Å². The zero-order valence-corrected chi connectivity index (χ0v) is 17.9. The van der Waals surface area contributed by atoms with Gasteiger partial charge in [0.1, 0.15) is 5.82 Å². The van der Waals surface area contributed by atoms with Gasteiger partial charge in [-0.25, -0.2) is 9.78 Å². The van der Waals surface area contributed by atoms with Crippen LogP contribution in [-0.2, 0) is 17.7 Å². The Morgan fingerprint density at radius 3 is 2.50 bits per heavy atom. The van der Waals surface area contributed by atoms with E-state index in [0.29, 0.717) is 17.6 Å². The number of nitro benzene ring substituents is 1. The Balaban J connectivity index is 1.71. The summed E-state index contributed by atoms with van der Waals surface area (Å²) in [4.78, 5) is 27.8. The first kappa shape index (κ1) is 21.2. The van der Waals surface area contributed by atoms with E-state index >= 15 is 0 Å². The molecule has 162 valence electrons. The average Bonchev–Trinajstić information content (AvgIpc) is 3.16. The number of hydrogen-bond donors (Lipinski definition) is 0. The highest BCUT2D eigenvalue weighted by molar-refractivity contribution is 5.97. The SMILES string of the molecule is CCCc1nc2c([N+](=O)[O-])cccc2n1Cc1ccc(-c2ccccc2C(=O)OC)cc1. The maximum absolute atomic E-state index is 12.1. The van der Waals surface area contributed by atoms with Crippen molar-refractivity contribution in [2.75, 3.05) is 7.11 Å². The van der Waals surface area contributed by atoms with Crippen LogP contribution in [0, 0.1) is 10.1 Å². The Labute approximate surface area is 185 Å². The van der Waals surface area contributed by atoms with Gasteiger partial charge in [-0.3, -0.25) is 10.1 Å². The average molecular weight is 429 g/mol. The third kappa shape index (κ3) is 3.97. The topological polar surface area (TPSA) is 87.3 Å². The van der Waals surface area contributed by atoms with E-state index in [4.69, 9.17) is 4.74 Å². The van der Waals surface area contributed by atoms with Crippen LogP contribution in [0.1, 0.15) is 35.1 Å². The molecule has 4 rings (SSSR count). The van der Waals surface area contributed by atoms with Crippen molar-refractivity contribution >= 4 is 22.7 Å². The molecule has 1 aromatic heterocycles. The van der Waals surface area contributed by atoms with Crippen LogP contribution >= 0.6 is 0 Å². The van der Waals surface area contributed by atoms with Gasteiger partial charge in [0.2, 0.25) is 0 Å². The molecular weight excluding hydrogens is 406 g/mol. The molecule has 1 heterocycles. The van der Waals surface area contributed by atoms with Gasteiger partial charge in [-0.15, -0.1) is 0 Å². The van der Waals surface area contributed by atoms with Crippen molar-refractivity contribution in [1.29, 1.82) is 0 Å². The second-order valence-electron chi connectivity index (χ2n) is 7.50. The molecule has 0 N–H and O–H groups in total. The Hall–Kier alpha value is -4.00. The van der Waals surface area contributed by atoms with Crippen LogP contribution in [-0.4, -0.2) is 27.6 Å². The second-order valence-corrected chi connectivity index (χ2v) is 7.50. The molecule has 4 aromatic rings. The summed E-state index contributed by atoms with van der Waals surface area (Å²) in [6, 6.07) is 20.3. The monoisotopic (exact) mass is 429 g/mol. The number of aromatic nitrogens is 2. The lowest BCUT2D eigenvalue weighted by atomic mass is 9.98. The number of ether oxygens (including phenoxy) is 1. The summed E-state index contributed by atoms with van der Waals surface area (Å²) in [6.45, 7) is 2.61. The van der Waals surface area contributed by atoms with Gasteiger partial charge >= 0.3 is 5.97 Å². The molecule has 0 radical (unpaired) electrons. The lowest BCUT2D eigenvalue weighted by Crippen LogP contribution is -2.05. The number of esters is 1. The molecule has 7 nitrogen and oxygen atoms in total. The molecule has 32 heavy (non-hydrogen) atoms. The smallest absolute Gasteiger partial charge is 0.338 e. The van der Waals surface area contributed by atoms with E-state index in [1.807, 2.05) is 53.1 Å². The van der Waals surface area contributed by atoms with Crippen molar-refractivity contribution in [2.45, 2.75) is 26.3 Å². The lowest BCUT2D eigenvalue weighted by molar-refractivity contribution is -0.383. The molecule has 0 amide bonds. The first-order chi connectivity index (χ1) is 15.5. The summed E-state index contributed by atoms with van der Waals surface area (Å²) in [5, 5.41) is 11.4. The molecule has 0 aliphatic carbocycles. The minimum absolute atomic E-state index is 0.0216. The Morgan fingerprint density at radius 2 is 1.81 bits per heavy atom. The molecule has 0 aliphatic heterocycles. The minimum Gasteiger partial charge on any atom is -0.465 e. The molecule has 0 saturated carbocycles. The summed E-state index contributed by atoms with van der Waals surface area (Å²) < 4.78 is 6.94. The van der Waals surface area contributed by atoms with Crippen molar-refractivity contribution in [2.24, 2.45) is 0 Å². The van der Waals surface area contributed by atoms with E-state index < -0.39 is 0 Å². The second kappa shape index (κ2) is 9.01. The number of hydrogen-bond acceptors (Lipinski definition) is 5. The van der Waals surface area contributed by atoms with E-state index in [2.05, 4.69) is 11.9 Å². The van der Waals surface area contributed by atoms with Gasteiger partial charge in [0, 0.05) is 19.0 Å². The number of non-ortho nitro benzene ring substituents is 1. The Bertz CT molecular complexity index is 1290. The first-order valence-electron chi connectivity index (χ1n) is 10.4. The summed E-state index contributed by atoms with van der Waals surface area (Å²) in [7, 11) is 1.37. The first-order valence-corrected chi connectivity index (χ1v) is 10.4. The zero-order valence-electron chi connectivity index (χ0n) is 17.9. The van der Waals surface area contributed by atoms with Crippen LogP contribution in [0.4, 0.5) is 5.69 Å². The van der Waals surface area contributed by atoms with Crippen LogP contribution in [0.5, 0.6) is 0 Å². The molecule has 0 aliphatic rings. The van der Waals surface area contributed by atoms with Crippen molar-refractivity contribution in [3.05, 3.63) is 93.8 Å². The number of aryl methyl sites for hydroxylation is 1. The zero-order chi connectivity index (χ0) is 22.7. The molecule has 0 unspecified atom stereocenters. The third-order valence-electron chi connectivity index (χ3n) is 5.44. The van der Waals surface area contributed by atoms with Crippen molar-refractivity contribution in [1.82, 2.24) is 9.55 Å². The number of benzene rings is 3. The number of carbonyl (C=O) groups is 1. The fourth-order valence-corrected chi connectivity index (χ4v) is 3.91. The van der Waals surface area contributed by atoms with Crippen molar-refractivity contribution < 1.29 is 14.5 Å². The van der Waals surface area contributed by atoms with Gasteiger partial charge in [0.15, 0.2) is 5.52 Å². The highest BCUT2D eigenvalue weighted by Crippen LogP contribution is 2.28. The van der Waals surface area contributed by atoms with Gasteiger partial charge in [0.05, 0.1) is 23.1 Å². The molecule has 0 atom stereocenters. The van der Waals surface area contributed by atoms with Gasteiger partial charge in [-0.2, -0.15) is 0 Å². The number of methoxy groups -OCH3 is 1. The molecular formula is C25H23N3O4. The number of nitro groups is 1. The van der Waals surface area contributed by atoms with Crippen LogP contribution in [0.15, 0.2) is 66.7 Å². The highest BCUT2D eigenvalue weighted by Gasteiger charge is 2.19. The number of para-hydroxylation sites is 1. The fourth-order valence-electron chi connectivity index (χ4n) is 3.91. The minimum atomic E-state index is -0.386. The molecule has 0 spiro atoms. The summed E-state index contributed by atoms with van der Waals surface area (Å²) in [5.41, 5.74) is 4.46. The van der Waals surface area contributed by atoms with Gasteiger partial charge in [-0.1, -0.05) is 55.5 Å². The maximum Gasteiger partial charge on any atom is 0.338 e. The van der Waals surface area contributed by atoms with Gasteiger partial charge in [0.25, 0.3) is 5.69 Å². The molecule has 7 heteroatoms.